The van der Waals surface area contributed by atoms with Gasteiger partial charge in [0.05, 0.1) is 13.7 Å². The Morgan fingerprint density at radius 2 is 2.24 bits per heavy atom. The van der Waals surface area contributed by atoms with Crippen molar-refractivity contribution in [3.8, 4) is 11.5 Å². The highest BCUT2D eigenvalue weighted by Crippen LogP contribution is 2.28. The molecule has 0 fully saturated rings. The minimum absolute atomic E-state index is 0.0414. The van der Waals surface area contributed by atoms with E-state index in [9.17, 15) is 0 Å². The number of hydrogen-bond donors (Lipinski definition) is 1. The summed E-state index contributed by atoms with van der Waals surface area (Å²) in [6.45, 7) is 0.134. The zero-order valence-corrected chi connectivity index (χ0v) is 9.29. The van der Waals surface area contributed by atoms with E-state index in [0.29, 0.717) is 17.4 Å². The van der Waals surface area contributed by atoms with Crippen molar-refractivity contribution in [2.75, 3.05) is 7.11 Å². The molecule has 0 saturated carbocycles. The lowest BCUT2D eigenvalue weighted by Gasteiger charge is -2.10. The van der Waals surface area contributed by atoms with Crippen molar-refractivity contribution >= 4 is 0 Å². The largest absolute Gasteiger partial charge is 0.493 e. The Balaban J connectivity index is 2.09. The van der Waals surface area contributed by atoms with Gasteiger partial charge in [0.2, 0.25) is 6.39 Å². The Bertz CT molecular complexity index is 470. The van der Waals surface area contributed by atoms with Crippen LogP contribution in [0, 0.1) is 0 Å². The molecule has 0 unspecified atom stereocenters. The summed E-state index contributed by atoms with van der Waals surface area (Å²) in [4.78, 5) is 0. The Morgan fingerprint density at radius 1 is 1.35 bits per heavy atom. The maximum Gasteiger partial charge on any atom is 0.253 e. The number of rotatable bonds is 5. The van der Waals surface area contributed by atoms with Crippen molar-refractivity contribution in [3.63, 3.8) is 0 Å². The Hall–Kier alpha value is -2.08. The number of ether oxygens (including phenoxy) is 2. The topological polar surface area (TPSA) is 77.6 Å². The molecule has 0 saturated heterocycles. The summed E-state index contributed by atoms with van der Waals surface area (Å²) in [5.74, 6) is 1.50. The van der Waals surface area contributed by atoms with Gasteiger partial charge in [-0.3, -0.25) is 0 Å². The molecular formula is C11H12N2O4. The summed E-state index contributed by atoms with van der Waals surface area (Å²) in [7, 11) is 1.54. The van der Waals surface area contributed by atoms with Gasteiger partial charge < -0.3 is 19.0 Å². The number of hydrogen-bond acceptors (Lipinski definition) is 6. The Morgan fingerprint density at radius 3 is 2.88 bits per heavy atom. The third-order valence-electron chi connectivity index (χ3n) is 2.17. The molecular weight excluding hydrogens is 224 g/mol. The molecule has 0 atom stereocenters. The molecule has 0 radical (unpaired) electrons. The fourth-order valence-electron chi connectivity index (χ4n) is 1.33. The zero-order chi connectivity index (χ0) is 12.1. The van der Waals surface area contributed by atoms with Gasteiger partial charge >= 0.3 is 0 Å². The predicted octanol–water partition coefficient (Wildman–Crippen LogP) is 1.15. The molecule has 90 valence electrons. The number of methoxy groups -OCH3 is 1. The highest BCUT2D eigenvalue weighted by atomic mass is 16.5. The van der Waals surface area contributed by atoms with E-state index in [1.165, 1.54) is 13.5 Å². The number of aromatic nitrogens is 2. The molecule has 2 aromatic rings. The van der Waals surface area contributed by atoms with Crippen LogP contribution < -0.4 is 9.47 Å². The average molecular weight is 236 g/mol. The lowest BCUT2D eigenvalue weighted by atomic mass is 10.2. The van der Waals surface area contributed by atoms with E-state index >= 15 is 0 Å². The molecule has 1 aromatic heterocycles. The van der Waals surface area contributed by atoms with Crippen molar-refractivity contribution in [3.05, 3.63) is 36.0 Å². The van der Waals surface area contributed by atoms with Crippen molar-refractivity contribution in [2.24, 2.45) is 0 Å². The van der Waals surface area contributed by atoms with Crippen molar-refractivity contribution < 1.29 is 19.0 Å². The fraction of sp³-hybridized carbons (Fsp3) is 0.273. The van der Waals surface area contributed by atoms with Crippen LogP contribution in [0.25, 0.3) is 0 Å². The van der Waals surface area contributed by atoms with Crippen molar-refractivity contribution in [1.82, 2.24) is 10.2 Å². The monoisotopic (exact) mass is 236 g/mol. The van der Waals surface area contributed by atoms with Crippen LogP contribution in [0.2, 0.25) is 0 Å². The van der Waals surface area contributed by atoms with E-state index in [1.807, 2.05) is 0 Å². The highest BCUT2D eigenvalue weighted by molar-refractivity contribution is 5.42. The zero-order valence-electron chi connectivity index (χ0n) is 9.29. The first kappa shape index (κ1) is 11.4. The standard InChI is InChI=1S/C11H12N2O4/c1-15-10-4-8(5-14)2-3-9(10)16-6-11-13-12-7-17-11/h2-4,7,14H,5-6H2,1H3. The molecule has 0 spiro atoms. The predicted molar refractivity (Wildman–Crippen MR) is 57.5 cm³/mol. The van der Waals surface area contributed by atoms with Crippen LogP contribution >= 0.6 is 0 Å². The molecule has 1 N–H and O–H groups in total. The van der Waals surface area contributed by atoms with Crippen LogP contribution in [0.15, 0.2) is 29.0 Å². The lowest BCUT2D eigenvalue weighted by Crippen LogP contribution is -1.98. The summed E-state index contributed by atoms with van der Waals surface area (Å²) in [6, 6.07) is 5.19. The summed E-state index contributed by atoms with van der Waals surface area (Å²) in [5.41, 5.74) is 0.756. The molecule has 1 aromatic carbocycles. The fourth-order valence-corrected chi connectivity index (χ4v) is 1.33. The summed E-state index contributed by atoms with van der Waals surface area (Å²) < 4.78 is 15.6. The van der Waals surface area contributed by atoms with Crippen LogP contribution in [0.5, 0.6) is 11.5 Å². The molecule has 0 aliphatic carbocycles. The van der Waals surface area contributed by atoms with E-state index in [1.54, 1.807) is 18.2 Å². The third kappa shape index (κ3) is 2.73. The van der Waals surface area contributed by atoms with Crippen LogP contribution in [-0.4, -0.2) is 22.4 Å². The van der Waals surface area contributed by atoms with E-state index in [0.717, 1.165) is 5.56 Å². The van der Waals surface area contributed by atoms with Gasteiger partial charge in [-0.25, -0.2) is 0 Å². The summed E-state index contributed by atoms with van der Waals surface area (Å²) in [5, 5.41) is 16.2. The van der Waals surface area contributed by atoms with Crippen LogP contribution in [0.3, 0.4) is 0 Å². The molecule has 1 heterocycles. The van der Waals surface area contributed by atoms with Gasteiger partial charge in [-0.2, -0.15) is 0 Å². The molecule has 0 amide bonds. The lowest BCUT2D eigenvalue weighted by molar-refractivity contribution is 0.248. The number of aliphatic hydroxyl groups is 1. The quantitative estimate of drug-likeness (QED) is 0.839. The normalized spacial score (nSPS) is 10.2. The second kappa shape index (κ2) is 5.31. The van der Waals surface area contributed by atoms with Gasteiger partial charge in [-0.05, 0) is 17.7 Å². The van der Waals surface area contributed by atoms with Crippen LogP contribution in [-0.2, 0) is 13.2 Å². The van der Waals surface area contributed by atoms with Crippen LogP contribution in [0.1, 0.15) is 11.5 Å². The molecule has 2 rings (SSSR count). The second-order valence-corrected chi connectivity index (χ2v) is 3.26. The molecule has 6 heteroatoms. The van der Waals surface area contributed by atoms with Gasteiger partial charge in [0.15, 0.2) is 18.1 Å². The Labute approximate surface area is 97.8 Å². The molecule has 0 aliphatic heterocycles. The first-order valence-electron chi connectivity index (χ1n) is 4.99. The van der Waals surface area contributed by atoms with E-state index < -0.39 is 0 Å². The molecule has 17 heavy (non-hydrogen) atoms. The smallest absolute Gasteiger partial charge is 0.253 e. The van der Waals surface area contributed by atoms with Crippen LogP contribution in [0.4, 0.5) is 0 Å². The van der Waals surface area contributed by atoms with Crippen molar-refractivity contribution in [1.29, 1.82) is 0 Å². The van der Waals surface area contributed by atoms with Gasteiger partial charge in [-0.15, -0.1) is 10.2 Å². The number of benzene rings is 1. The van der Waals surface area contributed by atoms with Gasteiger partial charge in [0.1, 0.15) is 0 Å². The van der Waals surface area contributed by atoms with Gasteiger partial charge in [0, 0.05) is 0 Å². The first-order chi connectivity index (χ1) is 8.33. The molecule has 0 bridgehead atoms. The number of aliphatic hydroxyl groups excluding tert-OH is 1. The van der Waals surface area contributed by atoms with E-state index in [2.05, 4.69) is 10.2 Å². The number of nitrogens with zero attached hydrogens (tertiary/aromatic N) is 2. The van der Waals surface area contributed by atoms with Gasteiger partial charge in [-0.1, -0.05) is 6.07 Å². The van der Waals surface area contributed by atoms with E-state index in [-0.39, 0.29) is 13.2 Å². The second-order valence-electron chi connectivity index (χ2n) is 3.26. The summed E-state index contributed by atoms with van der Waals surface area (Å²) in [6.07, 6.45) is 1.24. The molecule has 0 aliphatic rings. The maximum absolute atomic E-state index is 9.00. The van der Waals surface area contributed by atoms with Gasteiger partial charge in [0.25, 0.3) is 5.89 Å². The maximum atomic E-state index is 9.00. The summed E-state index contributed by atoms with van der Waals surface area (Å²) >= 11 is 0. The highest BCUT2D eigenvalue weighted by Gasteiger charge is 2.07. The average Bonchev–Trinajstić information content (AvgIpc) is 2.89. The minimum atomic E-state index is -0.0414. The van der Waals surface area contributed by atoms with E-state index in [4.69, 9.17) is 19.0 Å². The minimum Gasteiger partial charge on any atom is -0.493 e. The van der Waals surface area contributed by atoms with Crippen molar-refractivity contribution in [2.45, 2.75) is 13.2 Å². The third-order valence-corrected chi connectivity index (χ3v) is 2.17. The first-order valence-corrected chi connectivity index (χ1v) is 4.99. The Kier molecular flexibility index (Phi) is 3.56. The SMILES string of the molecule is COc1cc(CO)ccc1OCc1nnco1. The molecule has 6 nitrogen and oxygen atoms in total.